The highest BCUT2D eigenvalue weighted by atomic mass is 32.1. The number of rotatable bonds is 3. The number of hydrogen-bond acceptors (Lipinski definition) is 5. The summed E-state index contributed by atoms with van der Waals surface area (Å²) in [4.78, 5) is 18.7. The Morgan fingerprint density at radius 3 is 2.71 bits per heavy atom. The molecule has 1 aliphatic carbocycles. The van der Waals surface area contributed by atoms with E-state index >= 15 is 0 Å². The van der Waals surface area contributed by atoms with E-state index in [1.807, 2.05) is 24.3 Å². The quantitative estimate of drug-likeness (QED) is 0.895. The molecule has 4 rings (SSSR count). The van der Waals surface area contributed by atoms with Gasteiger partial charge in [0.25, 0.3) is 5.91 Å². The van der Waals surface area contributed by atoms with E-state index in [1.165, 1.54) is 37.0 Å². The minimum atomic E-state index is -1.44. The number of thiazole rings is 1. The van der Waals surface area contributed by atoms with Crippen LogP contribution in [0, 0.1) is 5.41 Å². The maximum absolute atomic E-state index is 12.6. The zero-order valence-corrected chi connectivity index (χ0v) is 14.3. The Hall–Kier alpha value is -1.50. The van der Waals surface area contributed by atoms with Gasteiger partial charge in [0, 0.05) is 13.1 Å². The van der Waals surface area contributed by atoms with E-state index in [4.69, 9.17) is 0 Å². The highest BCUT2D eigenvalue weighted by Crippen LogP contribution is 2.45. The van der Waals surface area contributed by atoms with Crippen molar-refractivity contribution in [2.24, 2.45) is 5.41 Å². The number of amides is 1. The molecule has 0 unspecified atom stereocenters. The number of para-hydroxylation sites is 1. The minimum absolute atomic E-state index is 0.260. The molecule has 1 aromatic carbocycles. The maximum Gasteiger partial charge on any atom is 0.254 e. The van der Waals surface area contributed by atoms with E-state index in [0.717, 1.165) is 23.2 Å². The SMILES string of the molecule is O=C([C@@H](O)[C@@H](O)c1nc2ccccc2s1)N1CCC2(CCCC2)C1. The molecule has 6 heteroatoms. The topological polar surface area (TPSA) is 73.7 Å². The van der Waals surface area contributed by atoms with E-state index in [9.17, 15) is 15.0 Å². The fourth-order valence-corrected chi connectivity index (χ4v) is 5.11. The summed E-state index contributed by atoms with van der Waals surface area (Å²) in [6.07, 6.45) is 3.12. The fraction of sp³-hybridized carbons (Fsp3) is 0.556. The Balaban J connectivity index is 1.48. The summed E-state index contributed by atoms with van der Waals surface area (Å²) >= 11 is 1.32. The second kappa shape index (κ2) is 6.10. The van der Waals surface area contributed by atoms with Crippen molar-refractivity contribution in [3.63, 3.8) is 0 Å². The molecule has 2 fully saturated rings. The molecule has 2 aliphatic rings. The largest absolute Gasteiger partial charge is 0.383 e. The van der Waals surface area contributed by atoms with Crippen LogP contribution in [0.4, 0.5) is 0 Å². The Kier molecular flexibility index (Phi) is 4.06. The van der Waals surface area contributed by atoms with Crippen molar-refractivity contribution in [1.82, 2.24) is 9.88 Å². The van der Waals surface area contributed by atoms with Gasteiger partial charge in [-0.15, -0.1) is 11.3 Å². The van der Waals surface area contributed by atoms with Crippen LogP contribution in [0.15, 0.2) is 24.3 Å². The molecule has 2 aromatic rings. The average Bonchev–Trinajstić information content (AvgIpc) is 3.33. The van der Waals surface area contributed by atoms with Crippen molar-refractivity contribution in [3.8, 4) is 0 Å². The summed E-state index contributed by atoms with van der Waals surface area (Å²) in [5.74, 6) is -0.370. The Bertz CT molecular complexity index is 721. The van der Waals surface area contributed by atoms with Crippen LogP contribution in [0.2, 0.25) is 0 Å². The molecule has 5 nitrogen and oxygen atoms in total. The van der Waals surface area contributed by atoms with Crippen LogP contribution in [0.3, 0.4) is 0 Å². The molecular weight excluding hydrogens is 324 g/mol. The minimum Gasteiger partial charge on any atom is -0.383 e. The van der Waals surface area contributed by atoms with Gasteiger partial charge in [0.2, 0.25) is 0 Å². The van der Waals surface area contributed by atoms with Gasteiger partial charge in [-0.3, -0.25) is 4.79 Å². The lowest BCUT2D eigenvalue weighted by Crippen LogP contribution is -2.41. The second-order valence-electron chi connectivity index (χ2n) is 7.13. The third-order valence-electron chi connectivity index (χ3n) is 5.53. The zero-order valence-electron chi connectivity index (χ0n) is 13.5. The summed E-state index contributed by atoms with van der Waals surface area (Å²) in [5, 5.41) is 21.2. The highest BCUT2D eigenvalue weighted by molar-refractivity contribution is 7.18. The number of likely N-dealkylation sites (tertiary alicyclic amines) is 1. The van der Waals surface area contributed by atoms with E-state index in [1.54, 1.807) is 4.90 Å². The lowest BCUT2D eigenvalue weighted by Gasteiger charge is -2.26. The number of aliphatic hydroxyl groups excluding tert-OH is 2. The van der Waals surface area contributed by atoms with E-state index in [-0.39, 0.29) is 11.3 Å². The van der Waals surface area contributed by atoms with E-state index < -0.39 is 12.2 Å². The lowest BCUT2D eigenvalue weighted by molar-refractivity contribution is -0.145. The van der Waals surface area contributed by atoms with Gasteiger partial charge in [-0.25, -0.2) is 4.98 Å². The Morgan fingerprint density at radius 2 is 1.96 bits per heavy atom. The molecule has 1 amide bonds. The van der Waals surface area contributed by atoms with Gasteiger partial charge in [-0.1, -0.05) is 25.0 Å². The first-order chi connectivity index (χ1) is 11.6. The number of carbonyl (C=O) groups is 1. The van der Waals surface area contributed by atoms with Gasteiger partial charge in [-0.2, -0.15) is 0 Å². The second-order valence-corrected chi connectivity index (χ2v) is 8.19. The van der Waals surface area contributed by atoms with Gasteiger partial charge in [-0.05, 0) is 36.8 Å². The first kappa shape index (κ1) is 16.0. The van der Waals surface area contributed by atoms with E-state index in [2.05, 4.69) is 4.98 Å². The number of aromatic nitrogens is 1. The number of fused-ring (bicyclic) bond motifs is 1. The Morgan fingerprint density at radius 1 is 1.21 bits per heavy atom. The molecule has 128 valence electrons. The molecule has 1 saturated heterocycles. The number of aliphatic hydroxyl groups is 2. The smallest absolute Gasteiger partial charge is 0.254 e. The summed E-state index contributed by atoms with van der Waals surface area (Å²) < 4.78 is 0.942. The van der Waals surface area contributed by atoms with Crippen molar-refractivity contribution in [2.45, 2.75) is 44.3 Å². The fourth-order valence-electron chi connectivity index (χ4n) is 4.13. The summed E-state index contributed by atoms with van der Waals surface area (Å²) in [6.45, 7) is 1.40. The predicted molar refractivity (Wildman–Crippen MR) is 92.7 cm³/mol. The molecule has 1 aromatic heterocycles. The van der Waals surface area contributed by atoms with Crippen LogP contribution in [0.1, 0.15) is 43.2 Å². The zero-order chi connectivity index (χ0) is 16.7. The number of carbonyl (C=O) groups excluding carboxylic acids is 1. The average molecular weight is 346 g/mol. The first-order valence-corrected chi connectivity index (χ1v) is 9.40. The van der Waals surface area contributed by atoms with Crippen LogP contribution in [-0.4, -0.2) is 45.2 Å². The van der Waals surface area contributed by atoms with Crippen molar-refractivity contribution < 1.29 is 15.0 Å². The van der Waals surface area contributed by atoms with Crippen molar-refractivity contribution in [1.29, 1.82) is 0 Å². The van der Waals surface area contributed by atoms with Crippen molar-refractivity contribution in [3.05, 3.63) is 29.3 Å². The van der Waals surface area contributed by atoms with Crippen LogP contribution in [0.25, 0.3) is 10.2 Å². The standard InChI is InChI=1S/C18H22N2O3S/c21-14(16-19-12-5-1-2-6-13(12)24-16)15(22)17(23)20-10-9-18(11-20)7-3-4-8-18/h1-2,5-6,14-15,21-22H,3-4,7-11H2/t14-,15+/m1/s1. The molecule has 2 heterocycles. The molecule has 1 saturated carbocycles. The molecule has 1 aliphatic heterocycles. The van der Waals surface area contributed by atoms with Gasteiger partial charge >= 0.3 is 0 Å². The summed E-state index contributed by atoms with van der Waals surface area (Å²) in [6, 6.07) is 7.57. The molecule has 2 atom stereocenters. The van der Waals surface area contributed by atoms with Crippen molar-refractivity contribution in [2.75, 3.05) is 13.1 Å². The van der Waals surface area contributed by atoms with E-state index in [0.29, 0.717) is 11.6 Å². The Labute approximate surface area is 144 Å². The van der Waals surface area contributed by atoms with Crippen molar-refractivity contribution >= 4 is 27.5 Å². The van der Waals surface area contributed by atoms with Gasteiger partial charge in [0.05, 0.1) is 10.2 Å². The molecule has 0 radical (unpaired) electrons. The van der Waals surface area contributed by atoms with Gasteiger partial charge < -0.3 is 15.1 Å². The number of nitrogens with zero attached hydrogens (tertiary/aromatic N) is 2. The van der Waals surface area contributed by atoms with Crippen LogP contribution in [0.5, 0.6) is 0 Å². The predicted octanol–water partition coefficient (Wildman–Crippen LogP) is 2.48. The molecule has 24 heavy (non-hydrogen) atoms. The maximum atomic E-state index is 12.6. The molecular formula is C18H22N2O3S. The highest BCUT2D eigenvalue weighted by Gasteiger charge is 2.43. The molecule has 2 N–H and O–H groups in total. The summed E-state index contributed by atoms with van der Waals surface area (Å²) in [5.41, 5.74) is 1.04. The third-order valence-corrected chi connectivity index (χ3v) is 6.64. The third kappa shape index (κ3) is 2.72. The molecule has 0 bridgehead atoms. The number of benzene rings is 1. The first-order valence-electron chi connectivity index (χ1n) is 8.58. The summed E-state index contributed by atoms with van der Waals surface area (Å²) in [7, 11) is 0. The normalized spacial score (nSPS) is 22.3. The number of hydrogen-bond donors (Lipinski definition) is 2. The van der Waals surface area contributed by atoms with Crippen LogP contribution < -0.4 is 0 Å². The molecule has 1 spiro atoms. The van der Waals surface area contributed by atoms with Gasteiger partial charge in [0.15, 0.2) is 6.10 Å². The van der Waals surface area contributed by atoms with Crippen LogP contribution >= 0.6 is 11.3 Å². The van der Waals surface area contributed by atoms with Crippen LogP contribution in [-0.2, 0) is 4.79 Å². The van der Waals surface area contributed by atoms with Gasteiger partial charge in [0.1, 0.15) is 11.1 Å². The lowest BCUT2D eigenvalue weighted by atomic mass is 9.86. The monoisotopic (exact) mass is 346 g/mol.